The van der Waals surface area contributed by atoms with Crippen molar-refractivity contribution in [2.75, 3.05) is 52.9 Å². The van der Waals surface area contributed by atoms with Crippen LogP contribution in [0.5, 0.6) is 5.75 Å². The fourth-order valence-corrected chi connectivity index (χ4v) is 8.62. The molecule has 3 aliphatic heterocycles. The van der Waals surface area contributed by atoms with E-state index in [0.717, 1.165) is 89.4 Å². The molecular formula is C56H52N4O5. The molecule has 6 heterocycles. The molecule has 8 bridgehead atoms. The van der Waals surface area contributed by atoms with Crippen LogP contribution < -0.4 is 4.74 Å². The second kappa shape index (κ2) is 19.1. The summed E-state index contributed by atoms with van der Waals surface area (Å²) in [5.41, 5.74) is 18.7. The molecule has 0 amide bonds. The highest BCUT2D eigenvalue weighted by Gasteiger charge is 2.21. The number of para-hydroxylation sites is 1. The third-order valence-electron chi connectivity index (χ3n) is 12.0. The van der Waals surface area contributed by atoms with Gasteiger partial charge in [-0.25, -0.2) is 9.97 Å². The maximum atomic E-state index is 6.72. The first kappa shape index (κ1) is 42.1. The van der Waals surface area contributed by atoms with Gasteiger partial charge in [-0.05, 0) is 92.1 Å². The molecule has 1 atom stereocenters. The topological polar surface area (TPSA) is 104 Å². The number of aromatic nitrogens is 4. The highest BCUT2D eigenvalue weighted by molar-refractivity contribution is 6.00. The van der Waals surface area contributed by atoms with E-state index < -0.39 is 0 Å². The van der Waals surface area contributed by atoms with Crippen LogP contribution in [0.25, 0.3) is 90.9 Å². The van der Waals surface area contributed by atoms with Crippen molar-refractivity contribution in [1.82, 2.24) is 19.9 Å². The molecule has 1 saturated heterocycles. The average molecular weight is 861 g/mol. The number of H-pyrrole nitrogens is 2. The van der Waals surface area contributed by atoms with Crippen molar-refractivity contribution in [3.05, 3.63) is 161 Å². The van der Waals surface area contributed by atoms with E-state index in [1.54, 1.807) is 0 Å². The van der Waals surface area contributed by atoms with Gasteiger partial charge in [-0.15, -0.1) is 0 Å². The normalized spacial score (nSPS) is 15.6. The number of nitrogens with zero attached hydrogens (tertiary/aromatic N) is 2. The van der Waals surface area contributed by atoms with Gasteiger partial charge in [-0.2, -0.15) is 0 Å². The Morgan fingerprint density at radius 1 is 0.462 bits per heavy atom. The summed E-state index contributed by atoms with van der Waals surface area (Å²) in [6.45, 7) is 9.90. The number of rotatable bonds is 7. The number of ether oxygens (including phenoxy) is 5. The lowest BCUT2D eigenvalue weighted by Gasteiger charge is -2.21. The molecule has 0 radical (unpaired) electrons. The molecule has 326 valence electrons. The number of nitrogens with one attached hydrogen (secondary N) is 2. The Morgan fingerprint density at radius 2 is 0.862 bits per heavy atom. The Balaban J connectivity index is 1.22. The van der Waals surface area contributed by atoms with E-state index in [2.05, 4.69) is 158 Å². The molecule has 1 fully saturated rings. The van der Waals surface area contributed by atoms with Gasteiger partial charge in [0.2, 0.25) is 0 Å². The molecule has 3 aromatic heterocycles. The van der Waals surface area contributed by atoms with Crippen molar-refractivity contribution >= 4 is 46.4 Å². The molecule has 9 nitrogen and oxygen atoms in total. The second-order valence-electron chi connectivity index (χ2n) is 16.7. The van der Waals surface area contributed by atoms with Crippen LogP contribution in [-0.4, -0.2) is 78.9 Å². The summed E-state index contributed by atoms with van der Waals surface area (Å²) < 4.78 is 30.2. The molecule has 1 unspecified atom stereocenters. The predicted molar refractivity (Wildman–Crippen MR) is 263 cm³/mol. The molecule has 0 aliphatic carbocycles. The zero-order valence-corrected chi connectivity index (χ0v) is 37.0. The van der Waals surface area contributed by atoms with Gasteiger partial charge in [0, 0.05) is 49.9 Å². The molecule has 65 heavy (non-hydrogen) atoms. The van der Waals surface area contributed by atoms with Gasteiger partial charge in [-0.3, -0.25) is 0 Å². The van der Waals surface area contributed by atoms with E-state index in [-0.39, 0.29) is 12.7 Å². The van der Waals surface area contributed by atoms with Gasteiger partial charge >= 0.3 is 0 Å². The van der Waals surface area contributed by atoms with Crippen LogP contribution in [0.3, 0.4) is 0 Å². The molecule has 0 spiro atoms. The number of benzene rings is 4. The fourth-order valence-electron chi connectivity index (χ4n) is 8.62. The molecule has 7 aromatic rings. The van der Waals surface area contributed by atoms with Gasteiger partial charge in [0.15, 0.2) is 0 Å². The minimum Gasteiger partial charge on any atom is -0.490 e. The Bertz CT molecular complexity index is 3000. The summed E-state index contributed by atoms with van der Waals surface area (Å²) in [5.74, 6) is 0.702. The van der Waals surface area contributed by atoms with Crippen LogP contribution in [-0.2, 0) is 18.9 Å². The van der Waals surface area contributed by atoms with Crippen molar-refractivity contribution in [3.8, 4) is 50.3 Å². The quantitative estimate of drug-likeness (QED) is 0.164. The highest BCUT2D eigenvalue weighted by Crippen LogP contribution is 2.40. The van der Waals surface area contributed by atoms with Crippen LogP contribution >= 0.6 is 0 Å². The summed E-state index contributed by atoms with van der Waals surface area (Å²) in [6, 6.07) is 42.8. The van der Waals surface area contributed by atoms with Crippen molar-refractivity contribution < 1.29 is 23.7 Å². The SMILES string of the molecule is Cc1ccc(-c2c3nc(c(-c4ccc(C)cc4)c4ccc([nH]4)c(-c4ccccc4OCC4COCCOCCOCCO4)c4nc(c(-c5ccc(C)cc5)c5ccc2[nH]5)C=C4)C=C3)cc1. The molecule has 4 aromatic carbocycles. The predicted octanol–water partition coefficient (Wildman–Crippen LogP) is 12.1. The van der Waals surface area contributed by atoms with E-state index >= 15 is 0 Å². The monoisotopic (exact) mass is 860 g/mol. The molecule has 9 heteroatoms. The van der Waals surface area contributed by atoms with Crippen molar-refractivity contribution in [3.63, 3.8) is 0 Å². The third-order valence-corrected chi connectivity index (χ3v) is 12.0. The molecule has 2 N–H and O–H groups in total. The zero-order valence-electron chi connectivity index (χ0n) is 37.0. The average Bonchev–Trinajstić information content (AvgIpc) is 4.17. The van der Waals surface area contributed by atoms with Gasteiger partial charge in [0.05, 0.1) is 69.0 Å². The summed E-state index contributed by atoms with van der Waals surface area (Å²) >= 11 is 0. The van der Waals surface area contributed by atoms with E-state index in [4.69, 9.17) is 33.7 Å². The number of aromatic amines is 2. The highest BCUT2D eigenvalue weighted by atomic mass is 16.6. The van der Waals surface area contributed by atoms with Crippen LogP contribution in [0.15, 0.2) is 121 Å². The van der Waals surface area contributed by atoms with Crippen molar-refractivity contribution in [2.24, 2.45) is 0 Å². The third kappa shape index (κ3) is 9.23. The Morgan fingerprint density at radius 3 is 1.34 bits per heavy atom. The van der Waals surface area contributed by atoms with Crippen molar-refractivity contribution in [2.45, 2.75) is 26.9 Å². The van der Waals surface area contributed by atoms with E-state index in [1.165, 1.54) is 16.7 Å². The zero-order chi connectivity index (χ0) is 44.1. The lowest BCUT2D eigenvalue weighted by Crippen LogP contribution is -2.30. The minimum atomic E-state index is -0.316. The summed E-state index contributed by atoms with van der Waals surface area (Å²) in [7, 11) is 0. The number of fused-ring (bicyclic) bond motifs is 8. The Labute approximate surface area is 379 Å². The number of hydrogen-bond donors (Lipinski definition) is 2. The first-order chi connectivity index (χ1) is 31.9. The van der Waals surface area contributed by atoms with Crippen LogP contribution in [0, 0.1) is 20.8 Å². The Kier molecular flexibility index (Phi) is 12.4. The maximum Gasteiger partial charge on any atom is 0.127 e. The minimum absolute atomic E-state index is 0.277. The lowest BCUT2D eigenvalue weighted by atomic mass is 10.0. The van der Waals surface area contributed by atoms with Crippen LogP contribution in [0.2, 0.25) is 0 Å². The van der Waals surface area contributed by atoms with Gasteiger partial charge < -0.3 is 33.7 Å². The van der Waals surface area contributed by atoms with Gasteiger partial charge in [-0.1, -0.05) is 108 Å². The second-order valence-corrected chi connectivity index (χ2v) is 16.7. The van der Waals surface area contributed by atoms with Crippen LogP contribution in [0.1, 0.15) is 39.5 Å². The fraction of sp³-hybridized carbons (Fsp3) is 0.214. The smallest absolute Gasteiger partial charge is 0.127 e. The first-order valence-corrected chi connectivity index (χ1v) is 22.4. The maximum absolute atomic E-state index is 6.72. The summed E-state index contributed by atoms with van der Waals surface area (Å²) in [5, 5.41) is 0. The Hall–Kier alpha value is -6.88. The summed E-state index contributed by atoms with van der Waals surface area (Å²) in [6.07, 6.45) is 8.19. The van der Waals surface area contributed by atoms with Crippen molar-refractivity contribution in [1.29, 1.82) is 0 Å². The summed E-state index contributed by atoms with van der Waals surface area (Å²) in [4.78, 5) is 18.7. The number of hydrogen-bond acceptors (Lipinski definition) is 7. The van der Waals surface area contributed by atoms with E-state index in [9.17, 15) is 0 Å². The number of aryl methyl sites for hydroxylation is 3. The standard InChI is InChI=1S/C56H52N4O5/c1-36-8-14-39(15-9-36)53-44-20-22-46(57-44)54(40-16-10-37(2)11-17-40)48-24-26-50(59-48)56(43-6-4-5-7-52(43)65-35-42-34-63-31-30-61-28-29-62-32-33-64-42)51-27-25-49(60-51)55(47-23-21-45(53)58-47)41-18-12-38(3)13-19-41/h4-27,42,57,60H,28-35H2,1-3H3. The van der Waals surface area contributed by atoms with E-state index in [1.807, 2.05) is 18.2 Å². The lowest BCUT2D eigenvalue weighted by molar-refractivity contribution is -0.0773. The molecular weight excluding hydrogens is 809 g/mol. The van der Waals surface area contributed by atoms with Gasteiger partial charge in [0.25, 0.3) is 0 Å². The van der Waals surface area contributed by atoms with E-state index in [0.29, 0.717) is 52.0 Å². The van der Waals surface area contributed by atoms with Crippen LogP contribution in [0.4, 0.5) is 0 Å². The molecule has 3 aliphatic rings. The van der Waals surface area contributed by atoms with Gasteiger partial charge in [0.1, 0.15) is 18.5 Å². The molecule has 0 saturated carbocycles. The largest absolute Gasteiger partial charge is 0.490 e. The molecule has 10 rings (SSSR count). The first-order valence-electron chi connectivity index (χ1n) is 22.4.